The number of nitrogens with zero attached hydrogens (tertiary/aromatic N) is 4. The average molecular weight is 249 g/mol. The van der Waals surface area contributed by atoms with Gasteiger partial charge in [-0.3, -0.25) is 0 Å². The van der Waals surface area contributed by atoms with E-state index < -0.39 is 0 Å². The summed E-state index contributed by atoms with van der Waals surface area (Å²) in [5.74, 6) is 0.372. The van der Waals surface area contributed by atoms with E-state index in [9.17, 15) is 4.39 Å². The second-order valence-corrected chi connectivity index (χ2v) is 4.53. The number of rotatable bonds is 4. The lowest BCUT2D eigenvalue weighted by Crippen LogP contribution is -2.24. The molecule has 0 atom stereocenters. The molecule has 2 aromatic rings. The van der Waals surface area contributed by atoms with Crippen molar-refractivity contribution in [3.05, 3.63) is 35.4 Å². The van der Waals surface area contributed by atoms with Gasteiger partial charge in [0, 0.05) is 6.04 Å². The zero-order valence-corrected chi connectivity index (χ0v) is 10.7. The van der Waals surface area contributed by atoms with Crippen LogP contribution in [0.2, 0.25) is 0 Å². The molecule has 0 radical (unpaired) electrons. The van der Waals surface area contributed by atoms with Crippen molar-refractivity contribution in [1.29, 1.82) is 0 Å². The molecular weight excluding hydrogens is 233 g/mol. The third kappa shape index (κ3) is 2.89. The van der Waals surface area contributed by atoms with Gasteiger partial charge < -0.3 is 5.32 Å². The Kier molecular flexibility index (Phi) is 3.66. The van der Waals surface area contributed by atoms with E-state index in [4.69, 9.17) is 0 Å². The highest BCUT2D eigenvalue weighted by atomic mass is 19.1. The summed E-state index contributed by atoms with van der Waals surface area (Å²) >= 11 is 0. The number of nitrogens with one attached hydrogen (secondary N) is 1. The summed E-state index contributed by atoms with van der Waals surface area (Å²) in [4.78, 5) is 0. The Morgan fingerprint density at radius 1 is 1.33 bits per heavy atom. The van der Waals surface area contributed by atoms with Crippen molar-refractivity contribution in [2.75, 3.05) is 0 Å². The van der Waals surface area contributed by atoms with Gasteiger partial charge in [-0.05, 0) is 41.1 Å². The molecule has 1 aromatic heterocycles. The molecular formula is C12H16FN5. The first-order chi connectivity index (χ1) is 8.56. The number of aromatic nitrogens is 4. The zero-order chi connectivity index (χ0) is 13.1. The van der Waals surface area contributed by atoms with Crippen molar-refractivity contribution < 1.29 is 4.39 Å². The van der Waals surface area contributed by atoms with E-state index in [2.05, 4.69) is 20.8 Å². The summed E-state index contributed by atoms with van der Waals surface area (Å²) in [6.45, 7) is 6.46. The van der Waals surface area contributed by atoms with E-state index in [1.165, 1.54) is 12.1 Å². The van der Waals surface area contributed by atoms with Crippen LogP contribution >= 0.6 is 0 Å². The maximum atomic E-state index is 13.4. The quantitative estimate of drug-likeness (QED) is 0.894. The fraction of sp³-hybridized carbons (Fsp3) is 0.417. The van der Waals surface area contributed by atoms with Gasteiger partial charge in [0.05, 0.1) is 12.2 Å². The van der Waals surface area contributed by atoms with Crippen LogP contribution in [-0.4, -0.2) is 26.2 Å². The normalized spacial score (nSPS) is 11.2. The molecule has 0 amide bonds. The molecule has 5 nitrogen and oxygen atoms in total. The molecule has 1 N–H and O–H groups in total. The maximum absolute atomic E-state index is 13.4. The fourth-order valence-corrected chi connectivity index (χ4v) is 1.65. The number of aryl methyl sites for hydroxylation is 1. The van der Waals surface area contributed by atoms with E-state index in [0.29, 0.717) is 24.1 Å². The first kappa shape index (κ1) is 12.6. The van der Waals surface area contributed by atoms with Crippen LogP contribution < -0.4 is 5.32 Å². The Balaban J connectivity index is 2.30. The van der Waals surface area contributed by atoms with Gasteiger partial charge in [-0.2, -0.15) is 4.68 Å². The number of hydrogen-bond donors (Lipinski definition) is 1. The van der Waals surface area contributed by atoms with E-state index >= 15 is 0 Å². The number of hydrogen-bond acceptors (Lipinski definition) is 4. The molecule has 1 heterocycles. The Hall–Kier alpha value is -1.82. The molecule has 0 bridgehead atoms. The second kappa shape index (κ2) is 5.22. The lowest BCUT2D eigenvalue weighted by Gasteiger charge is -2.09. The van der Waals surface area contributed by atoms with Crippen LogP contribution in [0.5, 0.6) is 0 Å². The monoisotopic (exact) mass is 249 g/mol. The van der Waals surface area contributed by atoms with Crippen LogP contribution in [-0.2, 0) is 6.54 Å². The maximum Gasteiger partial charge on any atom is 0.170 e. The minimum atomic E-state index is -0.289. The predicted octanol–water partition coefficient (Wildman–Crippen LogP) is 1.61. The summed E-state index contributed by atoms with van der Waals surface area (Å²) in [6, 6.07) is 5.07. The van der Waals surface area contributed by atoms with Gasteiger partial charge in [0.25, 0.3) is 0 Å². The minimum Gasteiger partial charge on any atom is -0.308 e. The van der Waals surface area contributed by atoms with Crippen LogP contribution in [0.3, 0.4) is 0 Å². The van der Waals surface area contributed by atoms with E-state index in [0.717, 1.165) is 5.56 Å². The van der Waals surface area contributed by atoms with Gasteiger partial charge in [-0.1, -0.05) is 13.8 Å². The van der Waals surface area contributed by atoms with Gasteiger partial charge in [-0.25, -0.2) is 4.39 Å². The molecule has 0 unspecified atom stereocenters. The summed E-state index contributed by atoms with van der Waals surface area (Å²) in [6.07, 6.45) is 0. The standard InChI is InChI=1S/C12H16FN5/c1-8(2)14-7-12-15-16-17-18(12)11-5-9(3)4-10(13)6-11/h4-6,8,14H,7H2,1-3H3. The van der Waals surface area contributed by atoms with Crippen LogP contribution in [0.15, 0.2) is 18.2 Å². The summed E-state index contributed by atoms with van der Waals surface area (Å²) in [5.41, 5.74) is 1.47. The molecule has 0 aliphatic rings. The van der Waals surface area contributed by atoms with Crippen molar-refractivity contribution in [2.24, 2.45) is 0 Å². The second-order valence-electron chi connectivity index (χ2n) is 4.53. The highest BCUT2D eigenvalue weighted by Gasteiger charge is 2.09. The molecule has 0 aliphatic carbocycles. The number of benzene rings is 1. The van der Waals surface area contributed by atoms with Crippen molar-refractivity contribution in [1.82, 2.24) is 25.5 Å². The third-order valence-corrected chi connectivity index (χ3v) is 2.47. The summed E-state index contributed by atoms with van der Waals surface area (Å²) in [5, 5.41) is 14.7. The van der Waals surface area contributed by atoms with Gasteiger partial charge in [-0.15, -0.1) is 5.10 Å². The minimum absolute atomic E-state index is 0.289. The molecule has 96 valence electrons. The number of halogens is 1. The van der Waals surface area contributed by atoms with Gasteiger partial charge in [0.2, 0.25) is 0 Å². The average Bonchev–Trinajstić information content (AvgIpc) is 2.72. The molecule has 2 rings (SSSR count). The Morgan fingerprint density at radius 2 is 2.11 bits per heavy atom. The SMILES string of the molecule is Cc1cc(F)cc(-n2nnnc2CNC(C)C)c1. The van der Waals surface area contributed by atoms with Crippen LogP contribution in [0.1, 0.15) is 25.2 Å². The Bertz CT molecular complexity index is 515. The van der Waals surface area contributed by atoms with E-state index in [-0.39, 0.29) is 5.82 Å². The fourth-order valence-electron chi connectivity index (χ4n) is 1.65. The molecule has 6 heteroatoms. The topological polar surface area (TPSA) is 55.6 Å². The highest BCUT2D eigenvalue weighted by Crippen LogP contribution is 2.13. The third-order valence-electron chi connectivity index (χ3n) is 2.47. The van der Waals surface area contributed by atoms with Crippen molar-refractivity contribution >= 4 is 0 Å². The van der Waals surface area contributed by atoms with Gasteiger partial charge in [0.15, 0.2) is 5.82 Å². The predicted molar refractivity (Wildman–Crippen MR) is 65.8 cm³/mol. The molecule has 0 saturated heterocycles. The largest absolute Gasteiger partial charge is 0.308 e. The van der Waals surface area contributed by atoms with Gasteiger partial charge >= 0.3 is 0 Å². The summed E-state index contributed by atoms with van der Waals surface area (Å²) in [7, 11) is 0. The lowest BCUT2D eigenvalue weighted by molar-refractivity contribution is 0.562. The molecule has 0 fully saturated rings. The van der Waals surface area contributed by atoms with Crippen LogP contribution in [0.4, 0.5) is 4.39 Å². The first-order valence-corrected chi connectivity index (χ1v) is 5.84. The molecule has 18 heavy (non-hydrogen) atoms. The Morgan fingerprint density at radius 3 is 2.78 bits per heavy atom. The molecule has 0 aliphatic heterocycles. The van der Waals surface area contributed by atoms with Crippen molar-refractivity contribution in [2.45, 2.75) is 33.4 Å². The lowest BCUT2D eigenvalue weighted by atomic mass is 10.2. The molecule has 0 spiro atoms. The highest BCUT2D eigenvalue weighted by molar-refractivity contribution is 5.35. The Labute approximate surface area is 105 Å². The molecule has 1 aromatic carbocycles. The van der Waals surface area contributed by atoms with E-state index in [1.807, 2.05) is 26.8 Å². The smallest absolute Gasteiger partial charge is 0.170 e. The molecule has 0 saturated carbocycles. The van der Waals surface area contributed by atoms with Crippen LogP contribution in [0.25, 0.3) is 5.69 Å². The van der Waals surface area contributed by atoms with Gasteiger partial charge in [0.1, 0.15) is 5.82 Å². The summed E-state index contributed by atoms with van der Waals surface area (Å²) < 4.78 is 14.9. The number of tetrazole rings is 1. The van der Waals surface area contributed by atoms with Crippen molar-refractivity contribution in [3.8, 4) is 5.69 Å². The van der Waals surface area contributed by atoms with Crippen LogP contribution in [0, 0.1) is 12.7 Å². The van der Waals surface area contributed by atoms with E-state index in [1.54, 1.807) is 4.68 Å². The first-order valence-electron chi connectivity index (χ1n) is 5.84. The zero-order valence-electron chi connectivity index (χ0n) is 10.7. The van der Waals surface area contributed by atoms with Crippen molar-refractivity contribution in [3.63, 3.8) is 0 Å².